The van der Waals surface area contributed by atoms with Crippen LogP contribution in [0.15, 0.2) is 18.5 Å². The highest BCUT2D eigenvalue weighted by Gasteiger charge is 2.24. The summed E-state index contributed by atoms with van der Waals surface area (Å²) in [5.41, 5.74) is 0.664. The van der Waals surface area contributed by atoms with Crippen molar-refractivity contribution in [2.24, 2.45) is 5.92 Å². The second-order valence-electron chi connectivity index (χ2n) is 5.07. The van der Waals surface area contributed by atoms with Gasteiger partial charge in [-0.2, -0.15) is 0 Å². The highest BCUT2D eigenvalue weighted by Crippen LogP contribution is 2.27. The third-order valence-electron chi connectivity index (χ3n) is 3.73. The van der Waals surface area contributed by atoms with Crippen LogP contribution in [0.2, 0.25) is 0 Å². The minimum atomic E-state index is -0.139. The second-order valence-corrected chi connectivity index (χ2v) is 5.07. The van der Waals surface area contributed by atoms with Crippen LogP contribution in [0.5, 0.6) is 0 Å². The minimum absolute atomic E-state index is 0.0299. The van der Waals surface area contributed by atoms with Gasteiger partial charge in [-0.1, -0.05) is 0 Å². The molecule has 0 spiro atoms. The number of esters is 1. The van der Waals surface area contributed by atoms with Crippen molar-refractivity contribution in [2.45, 2.75) is 38.1 Å². The summed E-state index contributed by atoms with van der Waals surface area (Å²) in [6.45, 7) is 0. The van der Waals surface area contributed by atoms with E-state index in [4.69, 9.17) is 0 Å². The van der Waals surface area contributed by atoms with Crippen LogP contribution in [0.25, 0.3) is 0 Å². The molecule has 5 heteroatoms. The molecule has 1 aromatic heterocycles. The lowest BCUT2D eigenvalue weighted by atomic mass is 9.84. The molecule has 0 atom stereocenters. The van der Waals surface area contributed by atoms with Gasteiger partial charge in [0.25, 0.3) is 5.91 Å². The number of ether oxygens (including phenoxy) is 1. The molecule has 1 amide bonds. The molecular formula is C14H20N2O3. The van der Waals surface area contributed by atoms with E-state index in [1.165, 1.54) is 7.11 Å². The first-order chi connectivity index (χ1) is 9.19. The van der Waals surface area contributed by atoms with Crippen LogP contribution in [-0.4, -0.2) is 30.0 Å². The minimum Gasteiger partial charge on any atom is -0.469 e. The van der Waals surface area contributed by atoms with E-state index in [1.807, 2.05) is 0 Å². The number of rotatable bonds is 4. The molecule has 1 aliphatic carbocycles. The van der Waals surface area contributed by atoms with Crippen LogP contribution in [0.1, 0.15) is 42.5 Å². The Morgan fingerprint density at radius 1 is 1.37 bits per heavy atom. The molecule has 0 aliphatic heterocycles. The maximum atomic E-state index is 11.9. The van der Waals surface area contributed by atoms with E-state index in [9.17, 15) is 9.59 Å². The molecule has 104 valence electrons. The van der Waals surface area contributed by atoms with E-state index in [-0.39, 0.29) is 17.9 Å². The van der Waals surface area contributed by atoms with E-state index in [1.54, 1.807) is 18.5 Å². The Kier molecular flexibility index (Phi) is 4.60. The largest absolute Gasteiger partial charge is 0.469 e. The number of amides is 1. The standard InChI is InChI=1S/C14H20N2O3/c1-19-13(17)8-10-2-4-12(5-3-10)16-14(18)11-6-7-15-9-11/h6-7,9-10,12,15H,2-5,8H2,1H3,(H,16,18). The van der Waals surface area contributed by atoms with Crippen LogP contribution in [0.3, 0.4) is 0 Å². The zero-order chi connectivity index (χ0) is 13.7. The molecule has 2 N–H and O–H groups in total. The van der Waals surface area contributed by atoms with Crippen LogP contribution in [0.4, 0.5) is 0 Å². The first kappa shape index (κ1) is 13.6. The van der Waals surface area contributed by atoms with Gasteiger partial charge in [0, 0.05) is 24.9 Å². The monoisotopic (exact) mass is 264 g/mol. The Balaban J connectivity index is 1.74. The SMILES string of the molecule is COC(=O)CC1CCC(NC(=O)c2cc[nH]c2)CC1. The van der Waals surface area contributed by atoms with Gasteiger partial charge >= 0.3 is 5.97 Å². The van der Waals surface area contributed by atoms with Crippen molar-refractivity contribution in [2.75, 3.05) is 7.11 Å². The summed E-state index contributed by atoms with van der Waals surface area (Å²) in [6.07, 6.45) is 7.71. The molecular weight excluding hydrogens is 244 g/mol. The van der Waals surface area contributed by atoms with Crippen LogP contribution < -0.4 is 5.32 Å². The summed E-state index contributed by atoms with van der Waals surface area (Å²) < 4.78 is 4.68. The van der Waals surface area contributed by atoms with Gasteiger partial charge in [-0.05, 0) is 37.7 Å². The molecule has 2 rings (SSSR count). The third kappa shape index (κ3) is 3.84. The summed E-state index contributed by atoms with van der Waals surface area (Å²) in [5.74, 6) is 0.227. The zero-order valence-electron chi connectivity index (χ0n) is 11.1. The maximum Gasteiger partial charge on any atom is 0.305 e. The van der Waals surface area contributed by atoms with Crippen LogP contribution >= 0.6 is 0 Å². The van der Waals surface area contributed by atoms with Gasteiger partial charge in [-0.25, -0.2) is 0 Å². The molecule has 0 bridgehead atoms. The number of carbonyl (C=O) groups excluding carboxylic acids is 2. The summed E-state index contributed by atoms with van der Waals surface area (Å²) in [7, 11) is 1.42. The van der Waals surface area contributed by atoms with Crippen LogP contribution in [-0.2, 0) is 9.53 Å². The Hall–Kier alpha value is -1.78. The van der Waals surface area contributed by atoms with Crippen molar-refractivity contribution < 1.29 is 14.3 Å². The maximum absolute atomic E-state index is 11.9. The molecule has 0 radical (unpaired) electrons. The number of H-pyrrole nitrogens is 1. The normalized spacial score (nSPS) is 22.8. The number of methoxy groups -OCH3 is 1. The quantitative estimate of drug-likeness (QED) is 0.815. The molecule has 19 heavy (non-hydrogen) atoms. The lowest BCUT2D eigenvalue weighted by Crippen LogP contribution is -2.37. The van der Waals surface area contributed by atoms with E-state index < -0.39 is 0 Å². The molecule has 1 heterocycles. The van der Waals surface area contributed by atoms with Gasteiger partial charge in [0.2, 0.25) is 0 Å². The fraction of sp³-hybridized carbons (Fsp3) is 0.571. The highest BCUT2D eigenvalue weighted by molar-refractivity contribution is 5.94. The third-order valence-corrected chi connectivity index (χ3v) is 3.73. The predicted molar refractivity (Wildman–Crippen MR) is 70.6 cm³/mol. The Bertz CT molecular complexity index is 420. The predicted octanol–water partition coefficient (Wildman–Crippen LogP) is 1.87. The van der Waals surface area contributed by atoms with Crippen molar-refractivity contribution >= 4 is 11.9 Å². The molecule has 5 nitrogen and oxygen atoms in total. The van der Waals surface area contributed by atoms with E-state index in [0.29, 0.717) is 17.9 Å². The number of carbonyl (C=O) groups is 2. The average molecular weight is 264 g/mol. The lowest BCUT2D eigenvalue weighted by Gasteiger charge is -2.28. The van der Waals surface area contributed by atoms with E-state index >= 15 is 0 Å². The fourth-order valence-corrected chi connectivity index (χ4v) is 2.56. The Morgan fingerprint density at radius 2 is 2.11 bits per heavy atom. The molecule has 0 aromatic carbocycles. The topological polar surface area (TPSA) is 71.2 Å². The van der Waals surface area contributed by atoms with Crippen molar-refractivity contribution in [3.63, 3.8) is 0 Å². The highest BCUT2D eigenvalue weighted by atomic mass is 16.5. The summed E-state index contributed by atoms with van der Waals surface area (Å²) >= 11 is 0. The number of aromatic amines is 1. The first-order valence-electron chi connectivity index (χ1n) is 6.69. The van der Waals surface area contributed by atoms with Crippen molar-refractivity contribution in [1.82, 2.24) is 10.3 Å². The molecule has 1 fully saturated rings. The summed E-state index contributed by atoms with van der Waals surface area (Å²) in [6, 6.07) is 1.98. The summed E-state index contributed by atoms with van der Waals surface area (Å²) in [5, 5.41) is 3.03. The average Bonchev–Trinajstić information content (AvgIpc) is 2.95. The van der Waals surface area contributed by atoms with Crippen LogP contribution in [0, 0.1) is 5.92 Å². The number of hydrogen-bond acceptors (Lipinski definition) is 3. The van der Waals surface area contributed by atoms with Gasteiger partial charge in [0.15, 0.2) is 0 Å². The number of nitrogens with one attached hydrogen (secondary N) is 2. The Labute approximate surface area is 112 Å². The number of aromatic nitrogens is 1. The lowest BCUT2D eigenvalue weighted by molar-refractivity contribution is -0.142. The van der Waals surface area contributed by atoms with Gasteiger partial charge < -0.3 is 15.0 Å². The zero-order valence-corrected chi connectivity index (χ0v) is 11.1. The fourth-order valence-electron chi connectivity index (χ4n) is 2.56. The number of hydrogen-bond donors (Lipinski definition) is 2. The summed E-state index contributed by atoms with van der Waals surface area (Å²) in [4.78, 5) is 25.9. The molecule has 0 unspecified atom stereocenters. The first-order valence-corrected chi connectivity index (χ1v) is 6.69. The van der Waals surface area contributed by atoms with Crippen molar-refractivity contribution in [3.05, 3.63) is 24.0 Å². The van der Waals surface area contributed by atoms with Crippen molar-refractivity contribution in [3.8, 4) is 0 Å². The van der Waals surface area contributed by atoms with Gasteiger partial charge in [-0.15, -0.1) is 0 Å². The van der Waals surface area contributed by atoms with Gasteiger partial charge in [-0.3, -0.25) is 9.59 Å². The van der Waals surface area contributed by atoms with Crippen molar-refractivity contribution in [1.29, 1.82) is 0 Å². The molecule has 1 aliphatic rings. The molecule has 1 aromatic rings. The van der Waals surface area contributed by atoms with E-state index in [0.717, 1.165) is 25.7 Å². The van der Waals surface area contributed by atoms with Gasteiger partial charge in [0.05, 0.1) is 12.7 Å². The smallest absolute Gasteiger partial charge is 0.305 e. The molecule has 0 saturated heterocycles. The Morgan fingerprint density at radius 3 is 2.68 bits per heavy atom. The van der Waals surface area contributed by atoms with E-state index in [2.05, 4.69) is 15.0 Å². The molecule has 1 saturated carbocycles. The second kappa shape index (κ2) is 6.41. The van der Waals surface area contributed by atoms with Gasteiger partial charge in [0.1, 0.15) is 0 Å².